The molecule has 0 atom stereocenters. The molecule has 0 aliphatic heterocycles. The van der Waals surface area contributed by atoms with Gasteiger partial charge in [-0.1, -0.05) is 13.8 Å². The maximum absolute atomic E-state index is 13.9. The fourth-order valence-electron chi connectivity index (χ4n) is 3.43. The summed E-state index contributed by atoms with van der Waals surface area (Å²) in [5.41, 5.74) is 2.53. The second kappa shape index (κ2) is 11.1. The number of hydrogen-bond acceptors (Lipinski definition) is 6. The standard InChI is InChI=1S/C25H24F2N4O3S/c1-14(2)11-31-15(3)7-17(16(31)4)8-18(10-28)24(33)34-12-23(32)30-25-29-22(13-35-25)20-9-19(26)5-6-21(20)27/h5-9,13-14H,11-12H2,1-4H3,(H,29,30,32)/b18-8+. The van der Waals surface area contributed by atoms with Crippen LogP contribution in [0.1, 0.15) is 30.8 Å². The van der Waals surface area contributed by atoms with Crippen LogP contribution in [0.2, 0.25) is 0 Å². The van der Waals surface area contributed by atoms with Crippen LogP contribution in [-0.2, 0) is 20.9 Å². The third-order valence-corrected chi connectivity index (χ3v) is 5.85. The van der Waals surface area contributed by atoms with Crippen molar-refractivity contribution in [3.63, 3.8) is 0 Å². The molecule has 0 radical (unpaired) electrons. The van der Waals surface area contributed by atoms with Gasteiger partial charge < -0.3 is 9.30 Å². The van der Waals surface area contributed by atoms with E-state index in [1.54, 1.807) is 0 Å². The molecule has 0 saturated carbocycles. The van der Waals surface area contributed by atoms with Crippen LogP contribution in [0.3, 0.4) is 0 Å². The number of amides is 1. The average Bonchev–Trinajstić information content (AvgIpc) is 3.36. The summed E-state index contributed by atoms with van der Waals surface area (Å²) in [5, 5.41) is 13.5. The molecule has 2 aromatic heterocycles. The van der Waals surface area contributed by atoms with Crippen molar-refractivity contribution < 1.29 is 23.1 Å². The van der Waals surface area contributed by atoms with Crippen molar-refractivity contribution in [2.24, 2.45) is 5.92 Å². The van der Waals surface area contributed by atoms with Gasteiger partial charge in [-0.2, -0.15) is 5.26 Å². The van der Waals surface area contributed by atoms with E-state index in [0.29, 0.717) is 5.92 Å². The molecule has 0 fully saturated rings. The van der Waals surface area contributed by atoms with Crippen LogP contribution >= 0.6 is 11.3 Å². The number of carbonyl (C=O) groups excluding carboxylic acids is 2. The number of thiazole rings is 1. The molecule has 0 saturated heterocycles. The highest BCUT2D eigenvalue weighted by atomic mass is 32.1. The van der Waals surface area contributed by atoms with Crippen LogP contribution in [0.25, 0.3) is 17.3 Å². The Kier molecular flexibility index (Phi) is 8.14. The lowest BCUT2D eigenvalue weighted by molar-refractivity contribution is -0.142. The summed E-state index contributed by atoms with van der Waals surface area (Å²) in [7, 11) is 0. The van der Waals surface area contributed by atoms with E-state index in [9.17, 15) is 23.6 Å². The molecule has 1 amide bonds. The second-order valence-corrected chi connectivity index (χ2v) is 9.15. The van der Waals surface area contributed by atoms with Gasteiger partial charge in [0, 0.05) is 28.9 Å². The zero-order valence-electron chi connectivity index (χ0n) is 19.7. The highest BCUT2D eigenvalue weighted by molar-refractivity contribution is 7.14. The topological polar surface area (TPSA) is 97.0 Å². The molecule has 1 N–H and O–H groups in total. The highest BCUT2D eigenvalue weighted by Gasteiger charge is 2.17. The first kappa shape index (κ1) is 25.8. The van der Waals surface area contributed by atoms with Crippen LogP contribution in [0.5, 0.6) is 0 Å². The molecule has 0 unspecified atom stereocenters. The number of carbonyl (C=O) groups is 2. The van der Waals surface area contributed by atoms with Gasteiger partial charge in [0.1, 0.15) is 23.3 Å². The lowest BCUT2D eigenvalue weighted by Crippen LogP contribution is -2.21. The lowest BCUT2D eigenvalue weighted by Gasteiger charge is -2.12. The summed E-state index contributed by atoms with van der Waals surface area (Å²) < 4.78 is 34.4. The van der Waals surface area contributed by atoms with Crippen LogP contribution < -0.4 is 5.32 Å². The van der Waals surface area contributed by atoms with E-state index in [2.05, 4.69) is 28.7 Å². The lowest BCUT2D eigenvalue weighted by atomic mass is 10.1. The summed E-state index contributed by atoms with van der Waals surface area (Å²) in [6.07, 6.45) is 1.44. The highest BCUT2D eigenvalue weighted by Crippen LogP contribution is 2.27. The van der Waals surface area contributed by atoms with Crippen molar-refractivity contribution in [1.29, 1.82) is 5.26 Å². The Bertz CT molecular complexity index is 1330. The minimum atomic E-state index is -0.932. The Morgan fingerprint density at radius 1 is 1.29 bits per heavy atom. The molecule has 35 heavy (non-hydrogen) atoms. The maximum atomic E-state index is 13.9. The fourth-order valence-corrected chi connectivity index (χ4v) is 4.15. The van der Waals surface area contributed by atoms with Gasteiger partial charge in [0.05, 0.1) is 5.69 Å². The Morgan fingerprint density at radius 3 is 2.71 bits per heavy atom. The van der Waals surface area contributed by atoms with Crippen molar-refractivity contribution in [2.75, 3.05) is 11.9 Å². The molecule has 10 heteroatoms. The minimum absolute atomic E-state index is 0.0373. The van der Waals surface area contributed by atoms with Crippen LogP contribution in [-0.4, -0.2) is 28.0 Å². The van der Waals surface area contributed by atoms with Crippen LogP contribution in [0, 0.1) is 42.7 Å². The summed E-state index contributed by atoms with van der Waals surface area (Å²) in [5.74, 6) is -2.46. The molecule has 0 aliphatic rings. The summed E-state index contributed by atoms with van der Waals surface area (Å²) >= 11 is 1.00. The zero-order valence-corrected chi connectivity index (χ0v) is 20.5. The Morgan fingerprint density at radius 2 is 2.03 bits per heavy atom. The Labute approximate surface area is 205 Å². The van der Waals surface area contributed by atoms with E-state index in [4.69, 9.17) is 4.74 Å². The number of rotatable bonds is 8. The molecule has 1 aromatic carbocycles. The predicted octanol–water partition coefficient (Wildman–Crippen LogP) is 5.25. The molecule has 7 nitrogen and oxygen atoms in total. The molecular weight excluding hydrogens is 474 g/mol. The first-order valence-corrected chi connectivity index (χ1v) is 11.6. The number of ether oxygens (including phenoxy) is 1. The first-order valence-electron chi connectivity index (χ1n) is 10.8. The monoisotopic (exact) mass is 498 g/mol. The molecular formula is C25H24F2N4O3S. The van der Waals surface area contributed by atoms with Crippen LogP contribution in [0.4, 0.5) is 13.9 Å². The van der Waals surface area contributed by atoms with E-state index in [1.165, 1.54) is 11.5 Å². The molecule has 3 aromatic rings. The number of nitriles is 1. The van der Waals surface area contributed by atoms with Gasteiger partial charge in [0.15, 0.2) is 11.7 Å². The van der Waals surface area contributed by atoms with Gasteiger partial charge in [-0.3, -0.25) is 10.1 Å². The number of halogens is 2. The van der Waals surface area contributed by atoms with Gasteiger partial charge in [0.25, 0.3) is 5.91 Å². The van der Waals surface area contributed by atoms with Gasteiger partial charge >= 0.3 is 5.97 Å². The Hall–Kier alpha value is -3.84. The number of esters is 1. The summed E-state index contributed by atoms with van der Waals surface area (Å²) in [6.45, 7) is 8.23. The number of nitrogens with one attached hydrogen (secondary N) is 1. The molecule has 0 aliphatic carbocycles. The van der Waals surface area contributed by atoms with Crippen molar-refractivity contribution in [2.45, 2.75) is 34.2 Å². The van der Waals surface area contributed by atoms with E-state index in [1.807, 2.05) is 26.0 Å². The predicted molar refractivity (Wildman–Crippen MR) is 129 cm³/mol. The number of benzene rings is 1. The molecule has 0 bridgehead atoms. The molecule has 2 heterocycles. The maximum Gasteiger partial charge on any atom is 0.349 e. The second-order valence-electron chi connectivity index (χ2n) is 8.29. The average molecular weight is 499 g/mol. The summed E-state index contributed by atoms with van der Waals surface area (Å²) in [6, 6.07) is 6.70. The van der Waals surface area contributed by atoms with E-state index in [-0.39, 0.29) is 22.0 Å². The normalized spacial score (nSPS) is 11.4. The Balaban J connectivity index is 1.63. The quantitative estimate of drug-likeness (QED) is 0.260. The number of anilines is 1. The number of aromatic nitrogens is 2. The smallest absolute Gasteiger partial charge is 0.349 e. The largest absolute Gasteiger partial charge is 0.451 e. The van der Waals surface area contributed by atoms with Crippen molar-refractivity contribution in [1.82, 2.24) is 9.55 Å². The van der Waals surface area contributed by atoms with Gasteiger partial charge in [0.2, 0.25) is 0 Å². The van der Waals surface area contributed by atoms with Gasteiger partial charge in [-0.25, -0.2) is 18.6 Å². The number of hydrogen-bond donors (Lipinski definition) is 1. The van der Waals surface area contributed by atoms with E-state index in [0.717, 1.165) is 53.0 Å². The first-order chi connectivity index (χ1) is 16.6. The number of nitrogens with zero attached hydrogens (tertiary/aromatic N) is 3. The zero-order chi connectivity index (χ0) is 25.7. The third-order valence-electron chi connectivity index (χ3n) is 5.09. The molecule has 182 valence electrons. The van der Waals surface area contributed by atoms with E-state index < -0.39 is 30.1 Å². The molecule has 0 spiro atoms. The fraction of sp³-hybridized carbons (Fsp3) is 0.280. The van der Waals surface area contributed by atoms with Crippen molar-refractivity contribution >= 4 is 34.4 Å². The third kappa shape index (κ3) is 6.39. The van der Waals surface area contributed by atoms with E-state index >= 15 is 0 Å². The SMILES string of the molecule is Cc1cc(/C=C(\C#N)C(=O)OCC(=O)Nc2nc(-c3cc(F)ccc3F)cs2)c(C)n1CC(C)C. The molecule has 3 rings (SSSR count). The summed E-state index contributed by atoms with van der Waals surface area (Å²) in [4.78, 5) is 28.7. The van der Waals surface area contributed by atoms with Crippen molar-refractivity contribution in [3.05, 3.63) is 63.8 Å². The van der Waals surface area contributed by atoms with Crippen molar-refractivity contribution in [3.8, 4) is 17.3 Å². The van der Waals surface area contributed by atoms with Gasteiger partial charge in [-0.15, -0.1) is 11.3 Å². The van der Waals surface area contributed by atoms with Gasteiger partial charge in [-0.05, 0) is 55.7 Å². The number of aryl methyl sites for hydroxylation is 1. The minimum Gasteiger partial charge on any atom is -0.451 e. The van der Waals surface area contributed by atoms with Crippen LogP contribution in [0.15, 0.2) is 35.2 Å².